The number of amides is 2. The average Bonchev–Trinajstić information content (AvgIpc) is 3.15. The van der Waals surface area contributed by atoms with Gasteiger partial charge in [-0.15, -0.1) is 0 Å². The summed E-state index contributed by atoms with van der Waals surface area (Å²) in [5.41, 5.74) is 3.74. The first-order chi connectivity index (χ1) is 13.5. The molecular formula is C22H24N2O4. The van der Waals surface area contributed by atoms with Crippen LogP contribution in [0.2, 0.25) is 0 Å². The first-order valence-electron chi connectivity index (χ1n) is 9.57. The van der Waals surface area contributed by atoms with Crippen molar-refractivity contribution in [2.45, 2.75) is 45.6 Å². The Morgan fingerprint density at radius 2 is 1.86 bits per heavy atom. The van der Waals surface area contributed by atoms with E-state index in [1.807, 2.05) is 44.2 Å². The number of aryl methyl sites for hydroxylation is 2. The lowest BCUT2D eigenvalue weighted by atomic mass is 10.1. The Balaban J connectivity index is 1.65. The zero-order valence-corrected chi connectivity index (χ0v) is 16.1. The fourth-order valence-electron chi connectivity index (χ4n) is 3.96. The topological polar surface area (TPSA) is 70.1 Å². The van der Waals surface area contributed by atoms with Crippen LogP contribution in [0, 0.1) is 13.8 Å². The Labute approximate surface area is 164 Å². The van der Waals surface area contributed by atoms with Crippen molar-refractivity contribution in [1.82, 2.24) is 4.90 Å². The van der Waals surface area contributed by atoms with Crippen LogP contribution in [0.3, 0.4) is 0 Å². The molecule has 28 heavy (non-hydrogen) atoms. The van der Waals surface area contributed by atoms with Gasteiger partial charge in [0.15, 0.2) is 6.23 Å². The van der Waals surface area contributed by atoms with Gasteiger partial charge in [0, 0.05) is 6.54 Å². The van der Waals surface area contributed by atoms with Crippen molar-refractivity contribution in [3.63, 3.8) is 0 Å². The van der Waals surface area contributed by atoms with E-state index in [1.165, 1.54) is 4.90 Å². The summed E-state index contributed by atoms with van der Waals surface area (Å²) < 4.78 is 5.50. The molecule has 0 saturated carbocycles. The van der Waals surface area contributed by atoms with Crippen LogP contribution in [-0.4, -0.2) is 40.8 Å². The number of anilines is 1. The maximum atomic E-state index is 13.0. The van der Waals surface area contributed by atoms with E-state index in [4.69, 9.17) is 4.74 Å². The molecule has 2 aromatic carbocycles. The fraction of sp³-hybridized carbons (Fsp3) is 0.364. The van der Waals surface area contributed by atoms with Gasteiger partial charge in [0.05, 0.1) is 17.3 Å². The van der Waals surface area contributed by atoms with Crippen molar-refractivity contribution in [3.8, 4) is 0 Å². The second-order valence-electron chi connectivity index (χ2n) is 7.55. The number of aliphatic hydroxyl groups excluding tert-OH is 1. The van der Waals surface area contributed by atoms with Crippen molar-refractivity contribution >= 4 is 17.7 Å². The highest BCUT2D eigenvalue weighted by Crippen LogP contribution is 2.35. The van der Waals surface area contributed by atoms with E-state index in [2.05, 4.69) is 0 Å². The summed E-state index contributed by atoms with van der Waals surface area (Å²) in [5.74, 6) is -0.144. The molecule has 1 saturated heterocycles. The highest BCUT2D eigenvalue weighted by molar-refractivity contribution is 6.05. The number of carbonyl (C=O) groups excluding carboxylic acids is 2. The fourth-order valence-corrected chi connectivity index (χ4v) is 3.96. The second-order valence-corrected chi connectivity index (χ2v) is 7.55. The Morgan fingerprint density at radius 1 is 1.14 bits per heavy atom. The summed E-state index contributed by atoms with van der Waals surface area (Å²) in [7, 11) is 0. The molecule has 2 amide bonds. The summed E-state index contributed by atoms with van der Waals surface area (Å²) in [5, 5.41) is 11.0. The smallest absolute Gasteiger partial charge is 0.416 e. The lowest BCUT2D eigenvalue weighted by Gasteiger charge is -2.31. The maximum absolute atomic E-state index is 13.0. The quantitative estimate of drug-likeness (QED) is 0.867. The number of ether oxygens (including phenoxy) is 1. The van der Waals surface area contributed by atoms with Crippen LogP contribution in [0.4, 0.5) is 10.5 Å². The zero-order chi connectivity index (χ0) is 19.8. The van der Waals surface area contributed by atoms with Crippen LogP contribution in [0.25, 0.3) is 0 Å². The molecule has 0 aromatic heterocycles. The lowest BCUT2D eigenvalue weighted by molar-refractivity contribution is 0.0485. The van der Waals surface area contributed by atoms with Crippen molar-refractivity contribution in [2.24, 2.45) is 0 Å². The first kappa shape index (κ1) is 18.5. The summed E-state index contributed by atoms with van der Waals surface area (Å²) >= 11 is 0. The number of nitrogens with zero attached hydrogens (tertiary/aromatic N) is 2. The van der Waals surface area contributed by atoms with Gasteiger partial charge in [0.25, 0.3) is 5.91 Å². The molecule has 6 nitrogen and oxygen atoms in total. The van der Waals surface area contributed by atoms with Crippen LogP contribution in [0.5, 0.6) is 0 Å². The van der Waals surface area contributed by atoms with Gasteiger partial charge in [-0.3, -0.25) is 4.79 Å². The molecule has 2 aromatic rings. The van der Waals surface area contributed by atoms with Crippen LogP contribution < -0.4 is 4.90 Å². The number of hydrogen-bond donors (Lipinski definition) is 1. The average molecular weight is 380 g/mol. The first-order valence-corrected chi connectivity index (χ1v) is 9.57. The van der Waals surface area contributed by atoms with Crippen molar-refractivity contribution in [2.75, 3.05) is 11.4 Å². The third kappa shape index (κ3) is 3.24. The Hall–Kier alpha value is -2.86. The van der Waals surface area contributed by atoms with Crippen LogP contribution >= 0.6 is 0 Å². The molecule has 0 spiro atoms. The van der Waals surface area contributed by atoms with Gasteiger partial charge >= 0.3 is 6.09 Å². The Kier molecular flexibility index (Phi) is 4.81. The van der Waals surface area contributed by atoms with Gasteiger partial charge in [-0.25, -0.2) is 9.69 Å². The largest absolute Gasteiger partial charge is 0.444 e. The highest BCUT2D eigenvalue weighted by Gasteiger charge is 2.44. The van der Waals surface area contributed by atoms with Crippen molar-refractivity contribution in [1.29, 1.82) is 0 Å². The number of fused-ring (bicyclic) bond motifs is 2. The number of hydrogen-bond acceptors (Lipinski definition) is 4. The maximum Gasteiger partial charge on any atom is 0.416 e. The molecular weight excluding hydrogens is 356 g/mol. The van der Waals surface area contributed by atoms with Gasteiger partial charge in [-0.1, -0.05) is 41.5 Å². The van der Waals surface area contributed by atoms with Crippen molar-refractivity contribution in [3.05, 3.63) is 64.7 Å². The molecule has 0 radical (unpaired) electrons. The molecule has 1 N–H and O–H groups in total. The molecule has 2 atom stereocenters. The van der Waals surface area contributed by atoms with E-state index in [0.29, 0.717) is 24.2 Å². The predicted molar refractivity (Wildman–Crippen MR) is 105 cm³/mol. The van der Waals surface area contributed by atoms with Crippen LogP contribution in [0.1, 0.15) is 39.9 Å². The third-order valence-corrected chi connectivity index (χ3v) is 5.49. The van der Waals surface area contributed by atoms with E-state index in [-0.39, 0.29) is 12.5 Å². The molecule has 2 heterocycles. The molecule has 0 unspecified atom stereocenters. The number of rotatable bonds is 2. The molecule has 4 rings (SSSR count). The number of benzene rings is 2. The zero-order valence-electron chi connectivity index (χ0n) is 16.1. The minimum Gasteiger partial charge on any atom is -0.444 e. The van der Waals surface area contributed by atoms with Crippen molar-refractivity contribution < 1.29 is 19.4 Å². The number of carbonyl (C=O) groups is 2. The van der Waals surface area contributed by atoms with E-state index in [9.17, 15) is 14.7 Å². The molecule has 0 bridgehead atoms. The highest BCUT2D eigenvalue weighted by atomic mass is 16.6. The van der Waals surface area contributed by atoms with Crippen LogP contribution in [-0.2, 0) is 11.3 Å². The standard InChI is InChI=1S/C22H24N2O4/c1-14-5-8-16(9-6-14)13-28-22(27)24-18-10-7-15(2)12-17(18)20(25)23-11-3-4-19(23)21(24)26/h5-10,12,19,21,26H,3-4,11,13H2,1-2H3/t19-,21-/m0/s1. The van der Waals surface area contributed by atoms with Gasteiger partial charge < -0.3 is 14.7 Å². The molecule has 2 aliphatic rings. The normalized spacial score (nSPS) is 21.2. The molecule has 146 valence electrons. The van der Waals surface area contributed by atoms with E-state index in [0.717, 1.165) is 23.1 Å². The summed E-state index contributed by atoms with van der Waals surface area (Å²) in [6.07, 6.45) is -0.330. The molecule has 0 aliphatic carbocycles. The molecule has 2 aliphatic heterocycles. The Morgan fingerprint density at radius 3 is 2.61 bits per heavy atom. The predicted octanol–water partition coefficient (Wildman–Crippen LogP) is 3.38. The van der Waals surface area contributed by atoms with E-state index in [1.54, 1.807) is 17.0 Å². The molecule has 6 heteroatoms. The van der Waals surface area contributed by atoms with Gasteiger partial charge in [0.2, 0.25) is 0 Å². The SMILES string of the molecule is Cc1ccc(COC(=O)N2c3ccc(C)cc3C(=O)N3CCC[C@H]3[C@@H]2O)cc1. The second kappa shape index (κ2) is 7.28. The van der Waals surface area contributed by atoms with Gasteiger partial charge in [-0.05, 0) is 44.4 Å². The molecule has 1 fully saturated rings. The van der Waals surface area contributed by atoms with Crippen LogP contribution in [0.15, 0.2) is 42.5 Å². The van der Waals surface area contributed by atoms with Gasteiger partial charge in [-0.2, -0.15) is 0 Å². The summed E-state index contributed by atoms with van der Waals surface area (Å²) in [6, 6.07) is 12.6. The number of aliphatic hydroxyl groups is 1. The summed E-state index contributed by atoms with van der Waals surface area (Å²) in [6.45, 7) is 4.58. The lowest BCUT2D eigenvalue weighted by Crippen LogP contribution is -2.50. The monoisotopic (exact) mass is 380 g/mol. The summed E-state index contributed by atoms with van der Waals surface area (Å²) in [4.78, 5) is 28.9. The van der Waals surface area contributed by atoms with E-state index >= 15 is 0 Å². The minimum atomic E-state index is -1.14. The van der Waals surface area contributed by atoms with Gasteiger partial charge in [0.1, 0.15) is 6.61 Å². The third-order valence-electron chi connectivity index (χ3n) is 5.49. The minimum absolute atomic E-state index is 0.103. The van der Waals surface area contributed by atoms with E-state index < -0.39 is 18.4 Å². The Bertz CT molecular complexity index is 909.